The van der Waals surface area contributed by atoms with Crippen molar-refractivity contribution in [1.82, 2.24) is 0 Å². The molecule has 0 spiro atoms. The van der Waals surface area contributed by atoms with Crippen LogP contribution in [0.2, 0.25) is 5.02 Å². The second kappa shape index (κ2) is 3.69. The fourth-order valence-electron chi connectivity index (χ4n) is 2.87. The normalized spacial score (nSPS) is 12.6. The maximum Gasteiger partial charge on any atom is 0.195 e. The first-order valence-electron chi connectivity index (χ1n) is 6.13. The molecular formula is C17H9ClO. The van der Waals surface area contributed by atoms with Crippen molar-refractivity contribution in [1.29, 1.82) is 0 Å². The van der Waals surface area contributed by atoms with Gasteiger partial charge in [0.05, 0.1) is 5.02 Å². The fourth-order valence-corrected chi connectivity index (χ4v) is 3.13. The van der Waals surface area contributed by atoms with E-state index in [4.69, 9.17) is 11.6 Å². The Bertz CT molecular complexity index is 844. The van der Waals surface area contributed by atoms with Gasteiger partial charge in [-0.3, -0.25) is 4.79 Å². The lowest BCUT2D eigenvalue weighted by atomic mass is 9.83. The summed E-state index contributed by atoms with van der Waals surface area (Å²) in [4.78, 5) is 12.6. The molecule has 0 aromatic heterocycles. The van der Waals surface area contributed by atoms with Gasteiger partial charge in [0.1, 0.15) is 0 Å². The fraction of sp³-hybridized carbons (Fsp3) is 0. The van der Waals surface area contributed by atoms with E-state index in [9.17, 15) is 4.79 Å². The summed E-state index contributed by atoms with van der Waals surface area (Å²) in [5, 5.41) is 2.65. The lowest BCUT2D eigenvalue weighted by Gasteiger charge is -2.20. The zero-order chi connectivity index (χ0) is 13.0. The third-order valence-corrected chi connectivity index (χ3v) is 4.00. The summed E-state index contributed by atoms with van der Waals surface area (Å²) in [7, 11) is 0. The predicted molar refractivity (Wildman–Crippen MR) is 77.8 cm³/mol. The third kappa shape index (κ3) is 1.33. The predicted octanol–water partition coefficient (Wildman–Crippen LogP) is 4.70. The molecule has 4 rings (SSSR count). The van der Waals surface area contributed by atoms with Crippen LogP contribution in [-0.2, 0) is 0 Å². The molecule has 0 atom stereocenters. The monoisotopic (exact) mass is 264 g/mol. The van der Waals surface area contributed by atoms with Crippen LogP contribution in [0.25, 0.3) is 21.9 Å². The van der Waals surface area contributed by atoms with Crippen molar-refractivity contribution in [3.8, 4) is 11.1 Å². The van der Waals surface area contributed by atoms with Crippen LogP contribution in [0.15, 0.2) is 54.6 Å². The van der Waals surface area contributed by atoms with Gasteiger partial charge in [0.2, 0.25) is 0 Å². The number of fused-ring (bicyclic) bond motifs is 2. The maximum atomic E-state index is 12.6. The number of benzene rings is 3. The minimum atomic E-state index is 0.0184. The first kappa shape index (κ1) is 10.8. The summed E-state index contributed by atoms with van der Waals surface area (Å²) >= 11 is 6.22. The van der Waals surface area contributed by atoms with Gasteiger partial charge in [0.25, 0.3) is 0 Å². The molecule has 90 valence electrons. The first-order valence-corrected chi connectivity index (χ1v) is 6.50. The number of rotatable bonds is 0. The highest BCUT2D eigenvalue weighted by Crippen LogP contribution is 2.41. The Morgan fingerprint density at radius 2 is 1.37 bits per heavy atom. The molecule has 0 aliphatic heterocycles. The van der Waals surface area contributed by atoms with Gasteiger partial charge in [0, 0.05) is 16.5 Å². The van der Waals surface area contributed by atoms with Gasteiger partial charge in [-0.05, 0) is 22.6 Å². The second-order valence-electron chi connectivity index (χ2n) is 4.70. The van der Waals surface area contributed by atoms with E-state index in [2.05, 4.69) is 0 Å². The van der Waals surface area contributed by atoms with Gasteiger partial charge in [-0.25, -0.2) is 0 Å². The van der Waals surface area contributed by atoms with E-state index in [1.165, 1.54) is 0 Å². The SMILES string of the molecule is O=C1c2c(Cl)cccc2-c2cccc3cccc1c23. The zero-order valence-electron chi connectivity index (χ0n) is 9.98. The van der Waals surface area contributed by atoms with E-state index in [-0.39, 0.29) is 5.78 Å². The molecule has 0 amide bonds. The summed E-state index contributed by atoms with van der Waals surface area (Å²) < 4.78 is 0. The quantitative estimate of drug-likeness (QED) is 0.450. The lowest BCUT2D eigenvalue weighted by molar-refractivity contribution is 0.104. The van der Waals surface area contributed by atoms with Gasteiger partial charge in [0.15, 0.2) is 5.78 Å². The van der Waals surface area contributed by atoms with E-state index in [0.29, 0.717) is 10.6 Å². The number of carbonyl (C=O) groups excluding carboxylic acids is 1. The van der Waals surface area contributed by atoms with Crippen LogP contribution in [0.4, 0.5) is 0 Å². The van der Waals surface area contributed by atoms with Gasteiger partial charge in [-0.15, -0.1) is 0 Å². The number of ketones is 1. The molecule has 1 aliphatic rings. The molecule has 3 aromatic rings. The second-order valence-corrected chi connectivity index (χ2v) is 5.11. The molecule has 3 aromatic carbocycles. The molecule has 0 radical (unpaired) electrons. The number of hydrogen-bond donors (Lipinski definition) is 0. The Kier molecular flexibility index (Phi) is 2.09. The van der Waals surface area contributed by atoms with Crippen LogP contribution in [0.5, 0.6) is 0 Å². The molecule has 0 fully saturated rings. The highest BCUT2D eigenvalue weighted by Gasteiger charge is 2.26. The number of halogens is 1. The van der Waals surface area contributed by atoms with E-state index in [1.54, 1.807) is 6.07 Å². The van der Waals surface area contributed by atoms with Crippen LogP contribution in [0, 0.1) is 0 Å². The van der Waals surface area contributed by atoms with Gasteiger partial charge in [-0.1, -0.05) is 60.1 Å². The first-order chi connectivity index (χ1) is 9.27. The van der Waals surface area contributed by atoms with E-state index in [0.717, 1.165) is 27.5 Å². The molecule has 0 saturated carbocycles. The van der Waals surface area contributed by atoms with Crippen LogP contribution in [0.3, 0.4) is 0 Å². The Morgan fingerprint density at radius 3 is 2.16 bits per heavy atom. The molecule has 0 bridgehead atoms. The summed E-state index contributed by atoms with van der Waals surface area (Å²) in [6.45, 7) is 0. The molecule has 19 heavy (non-hydrogen) atoms. The lowest BCUT2D eigenvalue weighted by Crippen LogP contribution is -2.10. The Hall–Kier alpha value is -2.12. The summed E-state index contributed by atoms with van der Waals surface area (Å²) in [5.74, 6) is 0.0184. The van der Waals surface area contributed by atoms with Crippen LogP contribution in [-0.4, -0.2) is 5.78 Å². The standard InChI is InChI=1S/C17H9ClO/c18-14-9-3-7-12-11-6-1-4-10-5-2-8-13(15(10)11)17(19)16(12)14/h1-9H. The van der Waals surface area contributed by atoms with Crippen molar-refractivity contribution in [2.45, 2.75) is 0 Å². The Morgan fingerprint density at radius 1 is 0.737 bits per heavy atom. The van der Waals surface area contributed by atoms with Crippen molar-refractivity contribution in [2.75, 3.05) is 0 Å². The molecule has 1 nitrogen and oxygen atoms in total. The van der Waals surface area contributed by atoms with Crippen molar-refractivity contribution in [3.05, 3.63) is 70.7 Å². The molecule has 0 N–H and O–H groups in total. The smallest absolute Gasteiger partial charge is 0.195 e. The number of carbonyl (C=O) groups is 1. The average Bonchev–Trinajstić information content (AvgIpc) is 2.44. The van der Waals surface area contributed by atoms with Crippen molar-refractivity contribution >= 4 is 28.2 Å². The van der Waals surface area contributed by atoms with Gasteiger partial charge >= 0.3 is 0 Å². The van der Waals surface area contributed by atoms with Crippen LogP contribution in [0.1, 0.15) is 15.9 Å². The molecule has 1 aliphatic carbocycles. The van der Waals surface area contributed by atoms with Crippen molar-refractivity contribution < 1.29 is 4.79 Å². The largest absolute Gasteiger partial charge is 0.289 e. The van der Waals surface area contributed by atoms with Gasteiger partial charge in [-0.2, -0.15) is 0 Å². The molecule has 2 heteroatoms. The molecule has 0 heterocycles. The van der Waals surface area contributed by atoms with E-state index >= 15 is 0 Å². The molecular weight excluding hydrogens is 256 g/mol. The molecule has 0 unspecified atom stereocenters. The van der Waals surface area contributed by atoms with Gasteiger partial charge < -0.3 is 0 Å². The van der Waals surface area contributed by atoms with E-state index < -0.39 is 0 Å². The third-order valence-electron chi connectivity index (χ3n) is 3.68. The van der Waals surface area contributed by atoms with Crippen LogP contribution < -0.4 is 0 Å². The summed E-state index contributed by atoms with van der Waals surface area (Å²) in [6, 6.07) is 17.5. The molecule has 0 saturated heterocycles. The summed E-state index contributed by atoms with van der Waals surface area (Å²) in [5.41, 5.74) is 3.39. The highest BCUT2D eigenvalue weighted by molar-refractivity contribution is 6.38. The summed E-state index contributed by atoms with van der Waals surface area (Å²) in [6.07, 6.45) is 0. The van der Waals surface area contributed by atoms with Crippen molar-refractivity contribution in [3.63, 3.8) is 0 Å². The van der Waals surface area contributed by atoms with Crippen LogP contribution >= 0.6 is 11.6 Å². The number of hydrogen-bond acceptors (Lipinski definition) is 1. The minimum absolute atomic E-state index is 0.0184. The van der Waals surface area contributed by atoms with Crippen molar-refractivity contribution in [2.24, 2.45) is 0 Å². The Balaban J connectivity index is 2.28. The minimum Gasteiger partial charge on any atom is -0.289 e. The average molecular weight is 265 g/mol. The topological polar surface area (TPSA) is 17.1 Å². The zero-order valence-corrected chi connectivity index (χ0v) is 10.7. The Labute approximate surface area is 115 Å². The highest BCUT2D eigenvalue weighted by atomic mass is 35.5. The maximum absolute atomic E-state index is 12.6. The van der Waals surface area contributed by atoms with E-state index in [1.807, 2.05) is 48.5 Å².